The van der Waals surface area contributed by atoms with E-state index in [0.717, 1.165) is 44.9 Å². The van der Waals surface area contributed by atoms with Crippen molar-refractivity contribution in [2.75, 3.05) is 38.0 Å². The van der Waals surface area contributed by atoms with Crippen LogP contribution in [0.5, 0.6) is 0 Å². The Balaban J connectivity index is 1.46. The second kappa shape index (κ2) is 8.20. The Hall–Kier alpha value is -1.90. The largest absolute Gasteiger partial charge is 0.416 e. The van der Waals surface area contributed by atoms with Crippen LogP contribution in [0.25, 0.3) is 0 Å². The Labute approximate surface area is 154 Å². The molecule has 1 aliphatic rings. The summed E-state index contributed by atoms with van der Waals surface area (Å²) in [4.78, 5) is 16.2. The molecule has 0 spiro atoms. The molecule has 1 aliphatic heterocycles. The Kier molecular flexibility index (Phi) is 5.95. The first-order chi connectivity index (χ1) is 12.4. The molecular formula is C18H22F3N3OS+2. The van der Waals surface area contributed by atoms with Gasteiger partial charge in [-0.1, -0.05) is 12.1 Å². The minimum atomic E-state index is -4.41. The number of thiophene rings is 1. The molecule has 1 fully saturated rings. The van der Waals surface area contributed by atoms with Gasteiger partial charge in [0.25, 0.3) is 5.91 Å². The second-order valence-electron chi connectivity index (χ2n) is 6.56. The van der Waals surface area contributed by atoms with E-state index in [1.807, 2.05) is 0 Å². The monoisotopic (exact) mass is 385 g/mol. The average Bonchev–Trinajstić information content (AvgIpc) is 3.09. The zero-order valence-electron chi connectivity index (χ0n) is 14.2. The lowest BCUT2D eigenvalue weighted by Gasteiger charge is -2.29. The lowest BCUT2D eigenvalue weighted by molar-refractivity contribution is -1.01. The van der Waals surface area contributed by atoms with Gasteiger partial charge in [-0.2, -0.15) is 13.2 Å². The summed E-state index contributed by atoms with van der Waals surface area (Å²) in [6.07, 6.45) is -4.41. The fourth-order valence-electron chi connectivity index (χ4n) is 3.18. The highest BCUT2D eigenvalue weighted by Crippen LogP contribution is 2.30. The molecule has 2 aromatic rings. The maximum atomic E-state index is 12.7. The van der Waals surface area contributed by atoms with Crippen LogP contribution in [0.2, 0.25) is 0 Å². The first kappa shape index (κ1) is 18.9. The zero-order chi connectivity index (χ0) is 18.6. The molecule has 1 saturated heterocycles. The number of nitrogens with one attached hydrogen (secondary N) is 3. The molecule has 0 bridgehead atoms. The van der Waals surface area contributed by atoms with Crippen molar-refractivity contribution in [3.63, 3.8) is 0 Å². The molecule has 0 aliphatic carbocycles. The van der Waals surface area contributed by atoms with Crippen LogP contribution in [0.4, 0.5) is 18.9 Å². The molecular weight excluding hydrogens is 363 g/mol. The highest BCUT2D eigenvalue weighted by molar-refractivity contribution is 7.09. The smallest absolute Gasteiger partial charge is 0.321 e. The highest BCUT2D eigenvalue weighted by Gasteiger charge is 2.30. The van der Waals surface area contributed by atoms with Gasteiger partial charge in [-0.25, -0.2) is 0 Å². The lowest BCUT2D eigenvalue weighted by atomic mass is 10.2. The summed E-state index contributed by atoms with van der Waals surface area (Å²) in [5.41, 5.74) is -0.570. The van der Waals surface area contributed by atoms with Gasteiger partial charge >= 0.3 is 6.18 Å². The van der Waals surface area contributed by atoms with Gasteiger partial charge in [0.2, 0.25) is 0 Å². The molecule has 0 radical (unpaired) electrons. The number of carbonyl (C=O) groups excluding carboxylic acids is 1. The molecule has 2 heterocycles. The fraction of sp³-hybridized carbons (Fsp3) is 0.389. The van der Waals surface area contributed by atoms with Crippen molar-refractivity contribution in [2.24, 2.45) is 0 Å². The Morgan fingerprint density at radius 3 is 2.46 bits per heavy atom. The van der Waals surface area contributed by atoms with Crippen LogP contribution < -0.4 is 15.1 Å². The maximum absolute atomic E-state index is 12.7. The molecule has 3 rings (SSSR count). The van der Waals surface area contributed by atoms with E-state index in [-0.39, 0.29) is 18.1 Å². The van der Waals surface area contributed by atoms with E-state index < -0.39 is 11.7 Å². The van der Waals surface area contributed by atoms with Crippen molar-refractivity contribution in [2.45, 2.75) is 12.7 Å². The minimum Gasteiger partial charge on any atom is -0.321 e. The van der Waals surface area contributed by atoms with Crippen molar-refractivity contribution in [3.8, 4) is 0 Å². The van der Waals surface area contributed by atoms with E-state index in [1.54, 1.807) is 11.3 Å². The van der Waals surface area contributed by atoms with Gasteiger partial charge in [0.15, 0.2) is 6.54 Å². The van der Waals surface area contributed by atoms with Gasteiger partial charge in [-0.05, 0) is 29.6 Å². The third-order valence-corrected chi connectivity index (χ3v) is 5.43. The molecule has 8 heteroatoms. The first-order valence-corrected chi connectivity index (χ1v) is 9.45. The van der Waals surface area contributed by atoms with Gasteiger partial charge in [0, 0.05) is 5.69 Å². The van der Waals surface area contributed by atoms with Gasteiger partial charge in [-0.15, -0.1) is 11.3 Å². The van der Waals surface area contributed by atoms with Crippen LogP contribution in [0.15, 0.2) is 41.8 Å². The molecule has 140 valence electrons. The normalized spacial score (nSPS) is 20.7. The summed E-state index contributed by atoms with van der Waals surface area (Å²) in [6, 6.07) is 8.94. The molecule has 0 unspecified atom stereocenters. The summed E-state index contributed by atoms with van der Waals surface area (Å²) in [6.45, 7) is 5.05. The van der Waals surface area contributed by atoms with Crippen LogP contribution in [0, 0.1) is 0 Å². The Morgan fingerprint density at radius 1 is 1.08 bits per heavy atom. The van der Waals surface area contributed by atoms with Crippen LogP contribution in [0.1, 0.15) is 10.4 Å². The highest BCUT2D eigenvalue weighted by atomic mass is 32.1. The standard InChI is InChI=1S/C18H20F3N3OS/c19-18(20,21)14-3-1-4-15(11-14)22-17(25)13-24-8-6-23(7-9-24)12-16-5-2-10-26-16/h1-5,10-11H,6-9,12-13H2,(H,22,25)/p+2. The lowest BCUT2D eigenvalue weighted by Crippen LogP contribution is -3.28. The van der Waals surface area contributed by atoms with Gasteiger partial charge in [0.05, 0.1) is 10.4 Å². The SMILES string of the molecule is O=C(C[NH+]1CC[NH+](Cc2cccs2)CC1)Nc1cccc(C(F)(F)F)c1. The number of rotatable bonds is 5. The van der Waals surface area contributed by atoms with Crippen molar-refractivity contribution >= 4 is 22.9 Å². The summed E-state index contributed by atoms with van der Waals surface area (Å²) in [5, 5.41) is 4.66. The van der Waals surface area contributed by atoms with Crippen LogP contribution in [0.3, 0.4) is 0 Å². The van der Waals surface area contributed by atoms with Crippen LogP contribution in [-0.4, -0.2) is 38.6 Å². The van der Waals surface area contributed by atoms with E-state index in [0.29, 0.717) is 0 Å². The van der Waals surface area contributed by atoms with E-state index in [1.165, 1.54) is 26.8 Å². The van der Waals surface area contributed by atoms with Crippen LogP contribution in [-0.2, 0) is 17.5 Å². The minimum absolute atomic E-state index is 0.186. The molecule has 0 atom stereocenters. The van der Waals surface area contributed by atoms with Crippen molar-refractivity contribution in [3.05, 3.63) is 52.2 Å². The zero-order valence-corrected chi connectivity index (χ0v) is 15.1. The third kappa shape index (κ3) is 5.30. The number of halogens is 3. The van der Waals surface area contributed by atoms with Crippen LogP contribution >= 0.6 is 11.3 Å². The number of anilines is 1. The molecule has 1 aromatic heterocycles. The number of hydrogen-bond acceptors (Lipinski definition) is 2. The fourth-order valence-corrected chi connectivity index (χ4v) is 3.95. The molecule has 0 saturated carbocycles. The van der Waals surface area contributed by atoms with E-state index in [2.05, 4.69) is 22.8 Å². The van der Waals surface area contributed by atoms with E-state index in [9.17, 15) is 18.0 Å². The predicted octanol–water partition coefficient (Wildman–Crippen LogP) is 0.689. The van der Waals surface area contributed by atoms with E-state index >= 15 is 0 Å². The second-order valence-corrected chi connectivity index (χ2v) is 7.59. The number of piperazine rings is 1. The number of benzene rings is 1. The Morgan fingerprint density at radius 2 is 1.81 bits per heavy atom. The number of amides is 1. The number of carbonyl (C=O) groups is 1. The third-order valence-electron chi connectivity index (χ3n) is 4.55. The quantitative estimate of drug-likeness (QED) is 0.696. The first-order valence-electron chi connectivity index (χ1n) is 8.57. The molecule has 1 aromatic carbocycles. The van der Waals surface area contributed by atoms with Gasteiger partial charge in [0.1, 0.15) is 32.7 Å². The predicted molar refractivity (Wildman–Crippen MR) is 94.4 cm³/mol. The van der Waals surface area contributed by atoms with Crippen molar-refractivity contribution < 1.29 is 27.8 Å². The number of quaternary nitrogens is 2. The molecule has 1 amide bonds. The Bertz CT molecular complexity index is 726. The summed E-state index contributed by atoms with van der Waals surface area (Å²) in [5.74, 6) is -0.249. The van der Waals surface area contributed by atoms with Gasteiger partial charge in [-0.3, -0.25) is 4.79 Å². The van der Waals surface area contributed by atoms with Gasteiger partial charge < -0.3 is 15.1 Å². The number of alkyl halides is 3. The average molecular weight is 385 g/mol. The summed E-state index contributed by atoms with van der Waals surface area (Å²) >= 11 is 1.76. The summed E-state index contributed by atoms with van der Waals surface area (Å²) < 4.78 is 38.2. The summed E-state index contributed by atoms with van der Waals surface area (Å²) in [7, 11) is 0. The molecule has 26 heavy (non-hydrogen) atoms. The van der Waals surface area contributed by atoms with Crippen molar-refractivity contribution in [1.82, 2.24) is 0 Å². The molecule has 3 N–H and O–H groups in total. The van der Waals surface area contributed by atoms with E-state index in [4.69, 9.17) is 0 Å². The molecule has 4 nitrogen and oxygen atoms in total. The number of hydrogen-bond donors (Lipinski definition) is 3. The maximum Gasteiger partial charge on any atom is 0.416 e. The van der Waals surface area contributed by atoms with Crippen molar-refractivity contribution in [1.29, 1.82) is 0 Å². The topological polar surface area (TPSA) is 38.0 Å².